The second-order valence-corrected chi connectivity index (χ2v) is 5.50. The van der Waals surface area contributed by atoms with E-state index < -0.39 is 0 Å². The van der Waals surface area contributed by atoms with Crippen molar-refractivity contribution < 1.29 is 0 Å². The molecule has 0 spiro atoms. The summed E-state index contributed by atoms with van der Waals surface area (Å²) in [6.45, 7) is 9.42. The summed E-state index contributed by atoms with van der Waals surface area (Å²) in [5.74, 6) is 0. The molecular formula is C10H16N4S. The fourth-order valence-corrected chi connectivity index (χ4v) is 2.13. The molecule has 0 aliphatic rings. The van der Waals surface area contributed by atoms with Crippen LogP contribution in [-0.2, 0) is 5.41 Å². The molecule has 0 fully saturated rings. The predicted octanol–water partition coefficient (Wildman–Crippen LogP) is 2.52. The number of hydrogen-bond donors (Lipinski definition) is 1. The van der Waals surface area contributed by atoms with E-state index >= 15 is 0 Å². The number of nitrogens with one attached hydrogen (secondary N) is 1. The number of nitrogens with zero attached hydrogens (tertiary/aromatic N) is 3. The maximum atomic E-state index is 4.57. The minimum Gasteiger partial charge on any atom is -0.360 e. The van der Waals surface area contributed by atoms with Gasteiger partial charge in [0.25, 0.3) is 0 Å². The molecule has 0 bridgehead atoms. The highest BCUT2D eigenvalue weighted by Crippen LogP contribution is 2.25. The lowest BCUT2D eigenvalue weighted by molar-refractivity contribution is 0.572. The number of fused-ring (bicyclic) bond motifs is 1. The van der Waals surface area contributed by atoms with Crippen LogP contribution in [0.4, 0.5) is 5.13 Å². The monoisotopic (exact) mass is 224 g/mol. The first kappa shape index (κ1) is 10.4. The van der Waals surface area contributed by atoms with E-state index in [0.29, 0.717) is 0 Å². The molecule has 82 valence electrons. The average molecular weight is 224 g/mol. The van der Waals surface area contributed by atoms with Gasteiger partial charge in [-0.3, -0.25) is 0 Å². The van der Waals surface area contributed by atoms with Crippen molar-refractivity contribution in [3.63, 3.8) is 0 Å². The van der Waals surface area contributed by atoms with Crippen molar-refractivity contribution >= 4 is 21.4 Å². The Morgan fingerprint density at radius 2 is 2.20 bits per heavy atom. The molecule has 0 atom stereocenters. The van der Waals surface area contributed by atoms with Gasteiger partial charge in [-0.15, -0.1) is 5.10 Å². The van der Waals surface area contributed by atoms with Gasteiger partial charge in [-0.05, 0) is 6.92 Å². The van der Waals surface area contributed by atoms with Crippen LogP contribution >= 0.6 is 11.3 Å². The zero-order valence-electron chi connectivity index (χ0n) is 9.53. The number of imidazole rings is 1. The molecule has 0 saturated carbocycles. The molecule has 5 heteroatoms. The predicted molar refractivity (Wildman–Crippen MR) is 63.7 cm³/mol. The zero-order chi connectivity index (χ0) is 11.1. The fraction of sp³-hybridized carbons (Fsp3) is 0.600. The quantitative estimate of drug-likeness (QED) is 0.852. The van der Waals surface area contributed by atoms with Crippen LogP contribution in [0.3, 0.4) is 0 Å². The molecule has 0 radical (unpaired) electrons. The summed E-state index contributed by atoms with van der Waals surface area (Å²) in [4.78, 5) is 5.52. The molecule has 0 aliphatic heterocycles. The van der Waals surface area contributed by atoms with Crippen molar-refractivity contribution in [3.05, 3.63) is 11.9 Å². The summed E-state index contributed by atoms with van der Waals surface area (Å²) in [5.41, 5.74) is 1.18. The largest absolute Gasteiger partial charge is 0.360 e. The smallest absolute Gasteiger partial charge is 0.214 e. The zero-order valence-corrected chi connectivity index (χ0v) is 10.4. The van der Waals surface area contributed by atoms with Crippen LogP contribution in [0.2, 0.25) is 0 Å². The highest BCUT2D eigenvalue weighted by molar-refractivity contribution is 7.20. The van der Waals surface area contributed by atoms with Crippen LogP contribution in [0.15, 0.2) is 6.20 Å². The van der Waals surface area contributed by atoms with Crippen LogP contribution in [0.1, 0.15) is 33.4 Å². The topological polar surface area (TPSA) is 42.2 Å². The molecule has 2 aromatic rings. The normalized spacial score (nSPS) is 12.3. The van der Waals surface area contributed by atoms with Gasteiger partial charge in [0.1, 0.15) is 0 Å². The molecule has 2 rings (SSSR count). The number of anilines is 1. The van der Waals surface area contributed by atoms with Crippen LogP contribution in [0.25, 0.3) is 4.96 Å². The van der Waals surface area contributed by atoms with E-state index in [9.17, 15) is 0 Å². The molecule has 15 heavy (non-hydrogen) atoms. The molecule has 0 saturated heterocycles. The van der Waals surface area contributed by atoms with Crippen molar-refractivity contribution in [2.45, 2.75) is 33.1 Å². The Hall–Kier alpha value is -1.10. The van der Waals surface area contributed by atoms with Gasteiger partial charge < -0.3 is 5.32 Å². The third-order valence-corrected chi connectivity index (χ3v) is 3.02. The molecule has 0 amide bonds. The van der Waals surface area contributed by atoms with E-state index in [1.165, 1.54) is 0 Å². The maximum Gasteiger partial charge on any atom is 0.214 e. The van der Waals surface area contributed by atoms with E-state index in [0.717, 1.165) is 22.3 Å². The van der Waals surface area contributed by atoms with Gasteiger partial charge in [-0.2, -0.15) is 0 Å². The molecule has 2 aromatic heterocycles. The minimum absolute atomic E-state index is 0.0891. The van der Waals surface area contributed by atoms with Crippen LogP contribution in [0.5, 0.6) is 0 Å². The number of rotatable bonds is 2. The summed E-state index contributed by atoms with van der Waals surface area (Å²) in [5, 5.41) is 8.52. The Kier molecular flexibility index (Phi) is 2.42. The SMILES string of the molecule is CCNc1nn2cc(C(C)(C)C)nc2s1. The van der Waals surface area contributed by atoms with E-state index in [1.54, 1.807) is 11.3 Å². The summed E-state index contributed by atoms with van der Waals surface area (Å²) >= 11 is 1.59. The van der Waals surface area contributed by atoms with Crippen LogP contribution < -0.4 is 5.32 Å². The number of hydrogen-bond acceptors (Lipinski definition) is 4. The van der Waals surface area contributed by atoms with Crippen molar-refractivity contribution in [2.24, 2.45) is 0 Å². The van der Waals surface area contributed by atoms with Crippen molar-refractivity contribution in [2.75, 3.05) is 11.9 Å². The first-order chi connectivity index (χ1) is 7.00. The van der Waals surface area contributed by atoms with Gasteiger partial charge in [0, 0.05) is 12.0 Å². The Balaban J connectivity index is 2.38. The van der Waals surface area contributed by atoms with Crippen molar-refractivity contribution in [3.8, 4) is 0 Å². The first-order valence-electron chi connectivity index (χ1n) is 5.11. The Morgan fingerprint density at radius 3 is 2.73 bits per heavy atom. The summed E-state index contributed by atoms with van der Waals surface area (Å²) in [6, 6.07) is 0. The lowest BCUT2D eigenvalue weighted by Gasteiger charge is -2.13. The van der Waals surface area contributed by atoms with Crippen molar-refractivity contribution in [1.82, 2.24) is 14.6 Å². The van der Waals surface area contributed by atoms with Gasteiger partial charge >= 0.3 is 0 Å². The fourth-order valence-electron chi connectivity index (χ4n) is 1.28. The second-order valence-electron chi connectivity index (χ2n) is 4.54. The van der Waals surface area contributed by atoms with Crippen LogP contribution in [0, 0.1) is 0 Å². The van der Waals surface area contributed by atoms with Gasteiger partial charge in [-0.1, -0.05) is 32.1 Å². The lowest BCUT2D eigenvalue weighted by atomic mass is 9.93. The maximum absolute atomic E-state index is 4.57. The third-order valence-electron chi connectivity index (χ3n) is 2.14. The molecular weight excluding hydrogens is 208 g/mol. The van der Waals surface area contributed by atoms with Gasteiger partial charge in [-0.25, -0.2) is 9.50 Å². The minimum atomic E-state index is 0.0891. The van der Waals surface area contributed by atoms with E-state index in [2.05, 4.69) is 43.1 Å². The molecule has 4 nitrogen and oxygen atoms in total. The average Bonchev–Trinajstić information content (AvgIpc) is 2.59. The second kappa shape index (κ2) is 3.48. The first-order valence-corrected chi connectivity index (χ1v) is 5.93. The summed E-state index contributed by atoms with van der Waals surface area (Å²) < 4.78 is 1.85. The van der Waals surface area contributed by atoms with Crippen molar-refractivity contribution in [1.29, 1.82) is 0 Å². The molecule has 0 aromatic carbocycles. The highest BCUT2D eigenvalue weighted by Gasteiger charge is 2.19. The molecule has 0 aliphatic carbocycles. The third kappa shape index (κ3) is 1.97. The summed E-state index contributed by atoms with van der Waals surface area (Å²) in [7, 11) is 0. The van der Waals surface area contributed by atoms with Gasteiger partial charge in [0.05, 0.1) is 11.9 Å². The highest BCUT2D eigenvalue weighted by atomic mass is 32.1. The standard InChI is InChI=1S/C10H16N4S/c1-5-11-8-13-14-6-7(10(2,3)4)12-9(14)15-8/h6H,5H2,1-4H3,(H,11,13). The number of aromatic nitrogens is 3. The van der Waals surface area contributed by atoms with Crippen LogP contribution in [-0.4, -0.2) is 21.1 Å². The Bertz CT molecular complexity index is 432. The lowest BCUT2D eigenvalue weighted by Crippen LogP contribution is -2.11. The Morgan fingerprint density at radius 1 is 1.47 bits per heavy atom. The Labute approximate surface area is 93.3 Å². The summed E-state index contributed by atoms with van der Waals surface area (Å²) in [6.07, 6.45) is 2.01. The molecule has 2 heterocycles. The van der Waals surface area contributed by atoms with E-state index in [1.807, 2.05) is 10.7 Å². The molecule has 1 N–H and O–H groups in total. The van der Waals surface area contributed by atoms with Gasteiger partial charge in [0.15, 0.2) is 0 Å². The molecule has 0 unspecified atom stereocenters. The van der Waals surface area contributed by atoms with E-state index in [-0.39, 0.29) is 5.41 Å². The van der Waals surface area contributed by atoms with E-state index in [4.69, 9.17) is 0 Å². The van der Waals surface area contributed by atoms with Gasteiger partial charge in [0.2, 0.25) is 10.1 Å².